The highest BCUT2D eigenvalue weighted by molar-refractivity contribution is 6.33. The molecule has 17 heteroatoms. The number of alkyl halides is 3. The predicted molar refractivity (Wildman–Crippen MR) is 172 cm³/mol. The minimum atomic E-state index is -4.60. The van der Waals surface area contributed by atoms with Crippen LogP contribution in [0.5, 0.6) is 5.75 Å². The number of benzene rings is 1. The first-order valence-corrected chi connectivity index (χ1v) is 16.5. The Balaban J connectivity index is 1.16. The number of nitrogens with zero attached hydrogens (tertiary/aromatic N) is 7. The van der Waals surface area contributed by atoms with Crippen LogP contribution in [0, 0.1) is 12.8 Å². The SMILES string of the molecule is Cc1ncnc(C(=O)N2CCC3(CC2)c2c(n(CC(=O)Nc4ccc(C(F)(F)F)cc4Cl)c4nc(C5=CCOCC5)nn4c2=O)[C@@H]2C[C@@H]23)c1O. The Kier molecular flexibility index (Phi) is 7.52. The van der Waals surface area contributed by atoms with Crippen molar-refractivity contribution in [1.29, 1.82) is 0 Å². The number of likely N-dealkylation sites (tertiary alicyclic amines) is 1. The van der Waals surface area contributed by atoms with E-state index in [0.29, 0.717) is 68.3 Å². The van der Waals surface area contributed by atoms with Crippen molar-refractivity contribution in [1.82, 2.24) is 34.0 Å². The molecule has 2 aliphatic carbocycles. The van der Waals surface area contributed by atoms with Crippen LogP contribution < -0.4 is 10.9 Å². The van der Waals surface area contributed by atoms with Gasteiger partial charge in [-0.25, -0.2) is 9.97 Å². The molecule has 4 aromatic rings. The van der Waals surface area contributed by atoms with E-state index in [-0.39, 0.29) is 51.9 Å². The van der Waals surface area contributed by atoms with E-state index in [1.807, 2.05) is 6.08 Å². The van der Waals surface area contributed by atoms with Crippen LogP contribution in [0.1, 0.15) is 70.4 Å². The maximum Gasteiger partial charge on any atom is 0.416 e. The summed E-state index contributed by atoms with van der Waals surface area (Å²) in [5.41, 5.74) is 0.384. The first kappa shape index (κ1) is 32.4. The van der Waals surface area contributed by atoms with Crippen molar-refractivity contribution in [2.24, 2.45) is 5.92 Å². The number of rotatable bonds is 5. The van der Waals surface area contributed by atoms with E-state index >= 15 is 0 Å². The van der Waals surface area contributed by atoms with Gasteiger partial charge in [0, 0.05) is 35.7 Å². The molecular weight excluding hydrogens is 681 g/mol. The standard InChI is InChI=1S/C33H30ClF3N8O5/c1-16-27(47)25(39-15-38-16)30(49)43-8-6-32(7-9-43)20-13-19(20)26-24(32)29(48)45-31(41-28(42-45)17-4-10-50-11-5-17)44(26)14-23(46)40-22-3-2-18(12-21(22)34)33(35,36)37/h2-4,12,15,19-20,47H,5-11,13-14H2,1H3,(H,40,46)/t19-,20+/m1/s1. The number of piperidine rings is 1. The van der Waals surface area contributed by atoms with Crippen LogP contribution in [0.2, 0.25) is 5.02 Å². The van der Waals surface area contributed by atoms with Crippen LogP contribution in [0.15, 0.2) is 35.4 Å². The summed E-state index contributed by atoms with van der Waals surface area (Å²) in [5, 5.41) is 17.4. The van der Waals surface area contributed by atoms with Crippen molar-refractivity contribution in [3.8, 4) is 5.75 Å². The Hall–Kier alpha value is -4.83. The molecule has 0 unspecified atom stereocenters. The second kappa shape index (κ2) is 11.6. The zero-order valence-corrected chi connectivity index (χ0v) is 27.4. The van der Waals surface area contributed by atoms with Crippen LogP contribution in [0.4, 0.5) is 18.9 Å². The van der Waals surface area contributed by atoms with Crippen molar-refractivity contribution in [3.63, 3.8) is 0 Å². The number of amides is 2. The smallest absolute Gasteiger partial charge is 0.416 e. The van der Waals surface area contributed by atoms with Gasteiger partial charge in [-0.3, -0.25) is 14.4 Å². The van der Waals surface area contributed by atoms with Crippen LogP contribution in [-0.2, 0) is 27.7 Å². The zero-order valence-electron chi connectivity index (χ0n) is 26.6. The molecule has 260 valence electrons. The summed E-state index contributed by atoms with van der Waals surface area (Å²) in [4.78, 5) is 55.7. The topological polar surface area (TPSA) is 157 Å². The van der Waals surface area contributed by atoms with Gasteiger partial charge in [0.05, 0.1) is 35.2 Å². The minimum Gasteiger partial charge on any atom is -0.504 e. The Morgan fingerprint density at radius 1 is 1.20 bits per heavy atom. The van der Waals surface area contributed by atoms with Gasteiger partial charge in [0.15, 0.2) is 17.3 Å². The van der Waals surface area contributed by atoms with E-state index in [1.54, 1.807) is 16.4 Å². The average molecular weight is 711 g/mol. The molecule has 8 rings (SSSR count). The van der Waals surface area contributed by atoms with Gasteiger partial charge in [-0.15, -0.1) is 5.10 Å². The lowest BCUT2D eigenvalue weighted by Gasteiger charge is -2.41. The van der Waals surface area contributed by atoms with Crippen molar-refractivity contribution in [3.05, 3.63) is 80.0 Å². The molecule has 2 atom stereocenters. The van der Waals surface area contributed by atoms with Crippen LogP contribution in [0.3, 0.4) is 0 Å². The van der Waals surface area contributed by atoms with Gasteiger partial charge in [0.25, 0.3) is 11.5 Å². The molecule has 50 heavy (non-hydrogen) atoms. The lowest BCUT2D eigenvalue weighted by atomic mass is 9.71. The summed E-state index contributed by atoms with van der Waals surface area (Å²) in [6.07, 6.45) is 0.730. The normalized spacial score (nSPS) is 20.8. The Morgan fingerprint density at radius 3 is 2.68 bits per heavy atom. The number of aryl methyl sites for hydroxylation is 1. The van der Waals surface area contributed by atoms with Crippen molar-refractivity contribution >= 4 is 40.5 Å². The van der Waals surface area contributed by atoms with Gasteiger partial charge in [0.1, 0.15) is 12.9 Å². The summed E-state index contributed by atoms with van der Waals surface area (Å²) in [7, 11) is 0. The quantitative estimate of drug-likeness (QED) is 0.311. The number of carbonyl (C=O) groups excluding carboxylic acids is 2. The number of hydrogen-bond acceptors (Lipinski definition) is 9. The minimum absolute atomic E-state index is 0.00983. The number of nitrogens with one attached hydrogen (secondary N) is 1. The molecule has 4 aliphatic rings. The molecular formula is C33H30ClF3N8O5. The molecule has 0 bridgehead atoms. The highest BCUT2D eigenvalue weighted by atomic mass is 35.5. The predicted octanol–water partition coefficient (Wildman–Crippen LogP) is 4.10. The summed E-state index contributed by atoms with van der Waals surface area (Å²) in [6, 6.07) is 2.69. The van der Waals surface area contributed by atoms with Crippen molar-refractivity contribution in [2.75, 3.05) is 31.6 Å². The third-order valence-electron chi connectivity index (χ3n) is 10.4. The molecule has 2 N–H and O–H groups in total. The molecule has 13 nitrogen and oxygen atoms in total. The second-order valence-corrected chi connectivity index (χ2v) is 13.6. The molecule has 1 saturated heterocycles. The van der Waals surface area contributed by atoms with E-state index in [1.165, 1.54) is 10.8 Å². The third kappa shape index (κ3) is 5.14. The first-order chi connectivity index (χ1) is 23.9. The number of ether oxygens (including phenoxy) is 1. The fraction of sp³-hybridized carbons (Fsp3) is 0.424. The van der Waals surface area contributed by atoms with Crippen LogP contribution in [-0.4, -0.2) is 77.3 Å². The number of aromatic nitrogens is 6. The Labute approximate surface area is 286 Å². The van der Waals surface area contributed by atoms with Gasteiger partial charge in [-0.1, -0.05) is 17.7 Å². The summed E-state index contributed by atoms with van der Waals surface area (Å²) >= 11 is 6.14. The highest BCUT2D eigenvalue weighted by Gasteiger charge is 2.64. The highest BCUT2D eigenvalue weighted by Crippen LogP contribution is 2.67. The second-order valence-electron chi connectivity index (χ2n) is 13.1. The molecule has 3 aromatic heterocycles. The average Bonchev–Trinajstić information content (AvgIpc) is 3.69. The van der Waals surface area contributed by atoms with Crippen molar-refractivity contribution < 1.29 is 32.6 Å². The molecule has 5 heterocycles. The molecule has 2 amide bonds. The summed E-state index contributed by atoms with van der Waals surface area (Å²) in [5.74, 6) is -0.693. The van der Waals surface area contributed by atoms with E-state index in [9.17, 15) is 32.7 Å². The zero-order chi connectivity index (χ0) is 35.1. The van der Waals surface area contributed by atoms with Gasteiger partial charge in [-0.05, 0) is 62.3 Å². The third-order valence-corrected chi connectivity index (χ3v) is 10.7. The largest absolute Gasteiger partial charge is 0.504 e. The number of carbonyl (C=O) groups is 2. The number of hydrogen-bond donors (Lipinski definition) is 2. The van der Waals surface area contributed by atoms with Crippen LogP contribution in [0.25, 0.3) is 11.4 Å². The van der Waals surface area contributed by atoms with Gasteiger partial charge in [0.2, 0.25) is 11.7 Å². The van der Waals surface area contributed by atoms with Gasteiger partial charge in [-0.2, -0.15) is 22.7 Å². The Bertz CT molecular complexity index is 2190. The molecule has 2 fully saturated rings. The maximum absolute atomic E-state index is 14.4. The lowest BCUT2D eigenvalue weighted by molar-refractivity contribution is -0.137. The van der Waals surface area contributed by atoms with E-state index < -0.39 is 29.0 Å². The number of anilines is 1. The molecule has 0 radical (unpaired) electrons. The van der Waals surface area contributed by atoms with E-state index in [4.69, 9.17) is 21.3 Å². The van der Waals surface area contributed by atoms with E-state index in [0.717, 1.165) is 30.2 Å². The summed E-state index contributed by atoms with van der Waals surface area (Å²) < 4.78 is 48.0. The molecule has 1 aromatic carbocycles. The van der Waals surface area contributed by atoms with Crippen molar-refractivity contribution in [2.45, 2.75) is 56.7 Å². The lowest BCUT2D eigenvalue weighted by Crippen LogP contribution is -2.48. The van der Waals surface area contributed by atoms with Gasteiger partial charge < -0.3 is 24.6 Å². The molecule has 1 spiro atoms. The fourth-order valence-corrected chi connectivity index (χ4v) is 8.10. The first-order valence-electron chi connectivity index (χ1n) is 16.1. The summed E-state index contributed by atoms with van der Waals surface area (Å²) in [6.45, 7) is 2.73. The number of aromatic hydroxyl groups is 1. The monoisotopic (exact) mass is 710 g/mol. The number of fused-ring (bicyclic) bond motifs is 6. The fourth-order valence-electron chi connectivity index (χ4n) is 7.87. The van der Waals surface area contributed by atoms with E-state index in [2.05, 4.69) is 20.4 Å². The number of halogens is 4. The molecule has 2 aliphatic heterocycles. The maximum atomic E-state index is 14.4. The Morgan fingerprint density at radius 2 is 1.98 bits per heavy atom. The van der Waals surface area contributed by atoms with Crippen LogP contribution >= 0.6 is 11.6 Å². The van der Waals surface area contributed by atoms with Gasteiger partial charge >= 0.3 is 6.18 Å². The molecule has 1 saturated carbocycles.